The molecule has 5 rings (SSSR count). The first kappa shape index (κ1) is 24.4. The molecule has 3 aromatic rings. The number of hydrogen-bond donors (Lipinski definition) is 2. The van der Waals surface area contributed by atoms with Crippen molar-refractivity contribution in [2.75, 3.05) is 31.6 Å². The molecule has 2 aliphatic rings. The Morgan fingerprint density at radius 1 is 1.11 bits per heavy atom. The number of hydrogen-bond acceptors (Lipinski definition) is 7. The summed E-state index contributed by atoms with van der Waals surface area (Å²) < 4.78 is 1.97. The van der Waals surface area contributed by atoms with Crippen LogP contribution in [0.3, 0.4) is 0 Å². The highest BCUT2D eigenvalue weighted by Crippen LogP contribution is 2.31. The quantitative estimate of drug-likeness (QED) is 0.438. The second kappa shape index (κ2) is 11.2. The van der Waals surface area contributed by atoms with Crippen LogP contribution in [-0.4, -0.2) is 51.6 Å². The van der Waals surface area contributed by atoms with Crippen LogP contribution in [0.2, 0.25) is 0 Å². The van der Waals surface area contributed by atoms with Gasteiger partial charge in [0.2, 0.25) is 11.4 Å². The number of rotatable bonds is 9. The lowest BCUT2D eigenvalue weighted by molar-refractivity contribution is 0.0363. The highest BCUT2D eigenvalue weighted by Gasteiger charge is 2.23. The summed E-state index contributed by atoms with van der Waals surface area (Å²) in [6.45, 7) is 5.60. The molecule has 3 heterocycles. The van der Waals surface area contributed by atoms with Gasteiger partial charge in [0.25, 0.3) is 5.91 Å². The number of carbonyl (C=O) groups excluding carboxylic acids is 1. The molecule has 1 aliphatic carbocycles. The van der Waals surface area contributed by atoms with E-state index in [2.05, 4.69) is 32.8 Å². The minimum Gasteiger partial charge on any atom is -0.328 e. The third kappa shape index (κ3) is 5.42. The predicted molar refractivity (Wildman–Crippen MR) is 139 cm³/mol. The maximum Gasteiger partial charge on any atom is 0.280 e. The molecular weight excluding hydrogens is 456 g/mol. The van der Waals surface area contributed by atoms with Crippen molar-refractivity contribution in [3.8, 4) is 0 Å². The Balaban J connectivity index is 1.39. The lowest BCUT2D eigenvalue weighted by Gasteiger charge is -2.19. The van der Waals surface area contributed by atoms with Gasteiger partial charge in [-0.3, -0.25) is 14.4 Å². The number of fused-ring (bicyclic) bond motifs is 1. The monoisotopic (exact) mass is 490 g/mol. The molecule has 190 valence electrons. The fraction of sp³-hybridized carbons (Fsp3) is 0.481. The van der Waals surface area contributed by atoms with Crippen LogP contribution in [0, 0.1) is 0 Å². The summed E-state index contributed by atoms with van der Waals surface area (Å²) in [4.78, 5) is 42.4. The van der Waals surface area contributed by atoms with E-state index < -0.39 is 11.3 Å². The van der Waals surface area contributed by atoms with E-state index in [1.54, 1.807) is 13.1 Å². The molecule has 1 saturated heterocycles. The van der Waals surface area contributed by atoms with Crippen LogP contribution >= 0.6 is 0 Å². The first-order chi connectivity index (χ1) is 17.6. The van der Waals surface area contributed by atoms with Gasteiger partial charge >= 0.3 is 0 Å². The van der Waals surface area contributed by atoms with Gasteiger partial charge in [-0.15, -0.1) is 0 Å². The molecule has 9 nitrogen and oxygen atoms in total. The number of carbonyl (C=O) groups is 1. The number of benzene rings is 1. The Hall–Kier alpha value is -3.30. The molecule has 2 fully saturated rings. The van der Waals surface area contributed by atoms with E-state index in [9.17, 15) is 9.59 Å². The molecule has 1 amide bonds. The Kier molecular flexibility index (Phi) is 7.58. The van der Waals surface area contributed by atoms with Crippen molar-refractivity contribution in [2.45, 2.75) is 57.9 Å². The Labute approximate surface area is 210 Å². The molecule has 1 aliphatic heterocycles. The third-order valence-corrected chi connectivity index (χ3v) is 7.17. The lowest BCUT2D eigenvalue weighted by atomic mass is 10.1. The van der Waals surface area contributed by atoms with E-state index in [0.717, 1.165) is 44.3 Å². The van der Waals surface area contributed by atoms with Gasteiger partial charge in [0.1, 0.15) is 11.2 Å². The van der Waals surface area contributed by atoms with E-state index in [1.165, 1.54) is 37.7 Å². The second-order valence-corrected chi connectivity index (χ2v) is 9.63. The molecule has 1 aromatic carbocycles. The minimum atomic E-state index is -0.553. The summed E-state index contributed by atoms with van der Waals surface area (Å²) in [5.41, 5.74) is 4.72. The summed E-state index contributed by atoms with van der Waals surface area (Å²) >= 11 is 0. The van der Waals surface area contributed by atoms with E-state index in [0.29, 0.717) is 23.6 Å². The standard InChI is InChI=1S/C27H34N6O3/c1-2-36-31-26(35)23-18-33(21-7-3-4-8-21)25-22(24(23)34)17-28-27(30-25)29-20-11-9-19(10-12-20)13-16-32-14-5-6-15-32/h9-12,17-18,21H,2-8,13-16H2,1H3,(H,31,35)(H,28,29,30). The van der Waals surface area contributed by atoms with Crippen LogP contribution in [-0.2, 0) is 11.3 Å². The SMILES string of the molecule is CCONC(=O)c1cn(C2CCCC2)c2nc(Nc3ccc(CCN4CCCC4)cc3)ncc2c1=O. The summed E-state index contributed by atoms with van der Waals surface area (Å²) in [5.74, 6) is -0.132. The van der Waals surface area contributed by atoms with Crippen molar-refractivity contribution in [3.63, 3.8) is 0 Å². The normalized spacial score (nSPS) is 16.6. The number of amides is 1. The number of nitrogens with one attached hydrogen (secondary N) is 2. The van der Waals surface area contributed by atoms with Crippen LogP contribution in [0.25, 0.3) is 11.0 Å². The molecule has 0 atom stereocenters. The summed E-state index contributed by atoms with van der Waals surface area (Å²) in [7, 11) is 0. The van der Waals surface area contributed by atoms with Gasteiger partial charge in [-0.2, -0.15) is 4.98 Å². The minimum absolute atomic E-state index is 0.0386. The average molecular weight is 491 g/mol. The molecular formula is C27H34N6O3. The topological polar surface area (TPSA) is 101 Å². The van der Waals surface area contributed by atoms with E-state index in [-0.39, 0.29) is 11.6 Å². The van der Waals surface area contributed by atoms with Gasteiger partial charge < -0.3 is 14.8 Å². The predicted octanol–water partition coefficient (Wildman–Crippen LogP) is 3.97. The zero-order valence-corrected chi connectivity index (χ0v) is 20.8. The molecule has 0 radical (unpaired) electrons. The Morgan fingerprint density at radius 3 is 2.58 bits per heavy atom. The zero-order chi connectivity index (χ0) is 24.9. The number of likely N-dealkylation sites (tertiary alicyclic amines) is 1. The molecule has 9 heteroatoms. The van der Waals surface area contributed by atoms with Crippen molar-refractivity contribution in [1.82, 2.24) is 24.9 Å². The smallest absolute Gasteiger partial charge is 0.280 e. The maximum atomic E-state index is 13.1. The molecule has 2 aromatic heterocycles. The second-order valence-electron chi connectivity index (χ2n) is 9.63. The first-order valence-corrected chi connectivity index (χ1v) is 13.0. The number of aromatic nitrogens is 3. The molecule has 1 saturated carbocycles. The van der Waals surface area contributed by atoms with Crippen molar-refractivity contribution < 1.29 is 9.63 Å². The highest BCUT2D eigenvalue weighted by molar-refractivity contribution is 5.96. The van der Waals surface area contributed by atoms with Gasteiger partial charge in [-0.1, -0.05) is 25.0 Å². The van der Waals surface area contributed by atoms with Crippen LogP contribution in [0.1, 0.15) is 67.4 Å². The van der Waals surface area contributed by atoms with E-state index >= 15 is 0 Å². The van der Waals surface area contributed by atoms with Gasteiger partial charge in [-0.05, 0) is 69.8 Å². The Bertz CT molecular complexity index is 1260. The van der Waals surface area contributed by atoms with Gasteiger partial charge in [0, 0.05) is 30.7 Å². The fourth-order valence-corrected chi connectivity index (χ4v) is 5.19. The molecule has 0 spiro atoms. The fourth-order valence-electron chi connectivity index (χ4n) is 5.19. The van der Waals surface area contributed by atoms with Crippen molar-refractivity contribution in [1.29, 1.82) is 0 Å². The van der Waals surface area contributed by atoms with Crippen molar-refractivity contribution in [3.05, 3.63) is 58.0 Å². The van der Waals surface area contributed by atoms with E-state index in [1.807, 2.05) is 16.7 Å². The first-order valence-electron chi connectivity index (χ1n) is 13.0. The van der Waals surface area contributed by atoms with Gasteiger partial charge in [0.05, 0.1) is 12.0 Å². The molecule has 2 N–H and O–H groups in total. The number of pyridine rings is 1. The summed E-state index contributed by atoms with van der Waals surface area (Å²) in [6.07, 6.45) is 11.0. The Morgan fingerprint density at radius 2 is 1.86 bits per heavy atom. The third-order valence-electron chi connectivity index (χ3n) is 7.17. The molecule has 36 heavy (non-hydrogen) atoms. The number of hydroxylamine groups is 1. The van der Waals surface area contributed by atoms with Crippen molar-refractivity contribution in [2.24, 2.45) is 0 Å². The average Bonchev–Trinajstić information content (AvgIpc) is 3.62. The van der Waals surface area contributed by atoms with Gasteiger partial charge in [0.15, 0.2) is 0 Å². The highest BCUT2D eigenvalue weighted by atomic mass is 16.6. The molecule has 0 unspecified atom stereocenters. The van der Waals surface area contributed by atoms with Crippen LogP contribution in [0.4, 0.5) is 11.6 Å². The van der Waals surface area contributed by atoms with Gasteiger partial charge in [-0.25, -0.2) is 10.5 Å². The van der Waals surface area contributed by atoms with Crippen LogP contribution in [0.5, 0.6) is 0 Å². The summed E-state index contributed by atoms with van der Waals surface area (Å²) in [6, 6.07) is 8.54. The van der Waals surface area contributed by atoms with E-state index in [4.69, 9.17) is 9.82 Å². The number of anilines is 2. The van der Waals surface area contributed by atoms with Crippen LogP contribution < -0.4 is 16.2 Å². The zero-order valence-electron chi connectivity index (χ0n) is 20.8. The summed E-state index contributed by atoms with van der Waals surface area (Å²) in [5, 5.41) is 3.60. The lowest BCUT2D eigenvalue weighted by Crippen LogP contribution is -2.30. The number of nitrogens with zero attached hydrogens (tertiary/aromatic N) is 4. The maximum absolute atomic E-state index is 13.1. The van der Waals surface area contributed by atoms with Crippen molar-refractivity contribution >= 4 is 28.6 Å². The van der Waals surface area contributed by atoms with Crippen LogP contribution in [0.15, 0.2) is 41.5 Å². The molecule has 0 bridgehead atoms. The largest absolute Gasteiger partial charge is 0.328 e.